The van der Waals surface area contributed by atoms with Crippen LogP contribution in [0.5, 0.6) is 0 Å². The lowest BCUT2D eigenvalue weighted by Crippen LogP contribution is -2.26. The van der Waals surface area contributed by atoms with E-state index in [0.717, 1.165) is 10.0 Å². The van der Waals surface area contributed by atoms with Gasteiger partial charge in [-0.2, -0.15) is 0 Å². The maximum atomic E-state index is 12.2. The second kappa shape index (κ2) is 4.55. The van der Waals surface area contributed by atoms with E-state index in [0.29, 0.717) is 17.1 Å². The lowest BCUT2D eigenvalue weighted by atomic mass is 10.1. The molecule has 0 aromatic heterocycles. The van der Waals surface area contributed by atoms with E-state index in [2.05, 4.69) is 21.2 Å². The Bertz CT molecular complexity index is 509. The number of anilines is 1. The van der Waals surface area contributed by atoms with Gasteiger partial charge in [0.2, 0.25) is 5.91 Å². The zero-order valence-electron chi connectivity index (χ0n) is 9.78. The molecule has 2 nitrogen and oxygen atoms in total. The highest BCUT2D eigenvalue weighted by molar-refractivity contribution is 9.10. The molecule has 18 heavy (non-hydrogen) atoms. The first kappa shape index (κ1) is 14.4. The van der Waals surface area contributed by atoms with Gasteiger partial charge in [0.1, 0.15) is 4.33 Å². The molecule has 6 heteroatoms. The molecule has 1 amide bonds. The number of benzene rings is 1. The maximum Gasteiger partial charge on any atom is 0.233 e. The Balaban J connectivity index is 2.24. The van der Waals surface area contributed by atoms with Crippen molar-refractivity contribution >= 4 is 62.3 Å². The maximum absolute atomic E-state index is 12.2. The van der Waals surface area contributed by atoms with Gasteiger partial charge in [-0.25, -0.2) is 0 Å². The van der Waals surface area contributed by atoms with Crippen molar-refractivity contribution in [1.29, 1.82) is 0 Å². The number of amides is 1. The van der Waals surface area contributed by atoms with Gasteiger partial charge in [-0.15, -0.1) is 23.2 Å². The van der Waals surface area contributed by atoms with Crippen molar-refractivity contribution in [3.8, 4) is 0 Å². The molecule has 1 N–H and O–H groups in total. The summed E-state index contributed by atoms with van der Waals surface area (Å²) in [5.74, 6) is -0.208. The predicted molar refractivity (Wildman–Crippen MR) is 79.7 cm³/mol. The zero-order chi connectivity index (χ0) is 13.7. The first-order chi connectivity index (χ1) is 8.17. The van der Waals surface area contributed by atoms with Gasteiger partial charge < -0.3 is 5.32 Å². The molecule has 1 saturated carbocycles. The van der Waals surface area contributed by atoms with E-state index in [9.17, 15) is 4.79 Å². The molecule has 1 aromatic rings. The molecular weight excluding hydrogens is 360 g/mol. The predicted octanol–water partition coefficient (Wildman–Crippen LogP) is 4.93. The minimum atomic E-state index is -0.979. The standard InChI is InChI=1S/C12H11BrCl3NO/c1-6-3-7(13)4-8(14)9(6)17-10(18)11(2)5-12(11,15)16/h3-4H,5H2,1-2H3,(H,17,18)/t11-/m0/s1. The minimum absolute atomic E-state index is 0.208. The molecule has 1 atom stereocenters. The number of carbonyl (C=O) groups is 1. The summed E-state index contributed by atoms with van der Waals surface area (Å²) in [6, 6.07) is 3.61. The highest BCUT2D eigenvalue weighted by Crippen LogP contribution is 2.64. The number of hydrogen-bond donors (Lipinski definition) is 1. The fraction of sp³-hybridized carbons (Fsp3) is 0.417. The van der Waals surface area contributed by atoms with Crippen molar-refractivity contribution in [3.63, 3.8) is 0 Å². The van der Waals surface area contributed by atoms with Crippen molar-refractivity contribution in [1.82, 2.24) is 0 Å². The summed E-state index contributed by atoms with van der Waals surface area (Å²) < 4.78 is -0.114. The van der Waals surface area contributed by atoms with Crippen LogP contribution in [0.3, 0.4) is 0 Å². The number of halogens is 4. The number of nitrogens with one attached hydrogen (secondary N) is 1. The summed E-state index contributed by atoms with van der Waals surface area (Å²) in [6.45, 7) is 3.61. The van der Waals surface area contributed by atoms with Crippen LogP contribution in [0.25, 0.3) is 0 Å². The van der Waals surface area contributed by atoms with Crippen LogP contribution in [-0.4, -0.2) is 10.2 Å². The van der Waals surface area contributed by atoms with Gasteiger partial charge in [-0.05, 0) is 38.0 Å². The molecule has 0 spiro atoms. The molecule has 0 heterocycles. The quantitative estimate of drug-likeness (QED) is 0.734. The normalized spacial score (nSPS) is 24.8. The summed E-state index contributed by atoms with van der Waals surface area (Å²) in [6.07, 6.45) is 0.447. The van der Waals surface area contributed by atoms with E-state index in [4.69, 9.17) is 34.8 Å². The third-order valence-electron chi connectivity index (χ3n) is 3.25. The first-order valence-corrected chi connectivity index (χ1v) is 7.25. The Labute approximate surface area is 129 Å². The summed E-state index contributed by atoms with van der Waals surface area (Å²) >= 11 is 21.4. The highest BCUT2D eigenvalue weighted by Gasteiger charge is 2.67. The van der Waals surface area contributed by atoms with Gasteiger partial charge in [-0.3, -0.25) is 4.79 Å². The van der Waals surface area contributed by atoms with Crippen LogP contribution in [0.15, 0.2) is 16.6 Å². The third kappa shape index (κ3) is 2.38. The number of carbonyl (C=O) groups excluding carboxylic acids is 1. The van der Waals surface area contributed by atoms with Crippen molar-refractivity contribution in [2.75, 3.05) is 5.32 Å². The summed E-state index contributed by atoms with van der Waals surface area (Å²) in [5, 5.41) is 3.28. The Morgan fingerprint density at radius 3 is 2.44 bits per heavy atom. The Kier molecular flexibility index (Phi) is 3.65. The van der Waals surface area contributed by atoms with E-state index < -0.39 is 9.75 Å². The van der Waals surface area contributed by atoms with E-state index >= 15 is 0 Å². The molecule has 1 aliphatic carbocycles. The molecule has 1 fully saturated rings. The average molecular weight is 371 g/mol. The van der Waals surface area contributed by atoms with E-state index in [1.807, 2.05) is 13.0 Å². The van der Waals surface area contributed by atoms with E-state index in [1.165, 1.54) is 0 Å². The third-order valence-corrected chi connectivity index (χ3v) is 5.11. The average Bonchev–Trinajstić information content (AvgIpc) is 2.73. The number of rotatable bonds is 2. The second-order valence-corrected chi connectivity index (χ2v) is 7.55. The topological polar surface area (TPSA) is 29.1 Å². The Hall–Kier alpha value is 0.0400. The number of alkyl halides is 2. The lowest BCUT2D eigenvalue weighted by Gasteiger charge is -2.15. The summed E-state index contributed by atoms with van der Waals surface area (Å²) in [7, 11) is 0. The SMILES string of the molecule is Cc1cc(Br)cc(Cl)c1NC(=O)[C@]1(C)CC1(Cl)Cl. The molecule has 0 aliphatic heterocycles. The van der Waals surface area contributed by atoms with Crippen molar-refractivity contribution in [3.05, 3.63) is 27.2 Å². The number of aryl methyl sites for hydroxylation is 1. The van der Waals surface area contributed by atoms with E-state index in [1.54, 1.807) is 13.0 Å². The molecule has 0 radical (unpaired) electrons. The molecule has 0 saturated heterocycles. The molecule has 0 bridgehead atoms. The van der Waals surface area contributed by atoms with Crippen LogP contribution in [0.4, 0.5) is 5.69 Å². The van der Waals surface area contributed by atoms with Gasteiger partial charge >= 0.3 is 0 Å². The monoisotopic (exact) mass is 369 g/mol. The van der Waals surface area contributed by atoms with Crippen LogP contribution in [0, 0.1) is 12.3 Å². The molecule has 1 aliphatic rings. The highest BCUT2D eigenvalue weighted by atomic mass is 79.9. The smallest absolute Gasteiger partial charge is 0.233 e. The van der Waals surface area contributed by atoms with Crippen molar-refractivity contribution in [2.24, 2.45) is 5.41 Å². The van der Waals surface area contributed by atoms with E-state index in [-0.39, 0.29) is 5.91 Å². The van der Waals surface area contributed by atoms with Crippen molar-refractivity contribution in [2.45, 2.75) is 24.6 Å². The Morgan fingerprint density at radius 2 is 2.00 bits per heavy atom. The van der Waals surface area contributed by atoms with Crippen LogP contribution >= 0.6 is 50.7 Å². The number of hydrogen-bond acceptors (Lipinski definition) is 1. The van der Waals surface area contributed by atoms with Crippen LogP contribution < -0.4 is 5.32 Å². The largest absolute Gasteiger partial charge is 0.324 e. The summed E-state index contributed by atoms with van der Waals surface area (Å²) in [4.78, 5) is 12.2. The second-order valence-electron chi connectivity index (χ2n) is 4.75. The minimum Gasteiger partial charge on any atom is -0.324 e. The van der Waals surface area contributed by atoms with Crippen LogP contribution in [0.1, 0.15) is 18.9 Å². The van der Waals surface area contributed by atoms with Crippen LogP contribution in [-0.2, 0) is 4.79 Å². The van der Waals surface area contributed by atoms with Gasteiger partial charge in [0.15, 0.2) is 0 Å². The lowest BCUT2D eigenvalue weighted by molar-refractivity contribution is -0.120. The zero-order valence-corrected chi connectivity index (χ0v) is 13.6. The Morgan fingerprint density at radius 1 is 1.44 bits per heavy atom. The fourth-order valence-electron chi connectivity index (χ4n) is 1.76. The van der Waals surface area contributed by atoms with Crippen LogP contribution in [0.2, 0.25) is 5.02 Å². The first-order valence-electron chi connectivity index (χ1n) is 5.32. The fourth-order valence-corrected chi connectivity index (χ4v) is 3.48. The molecule has 0 unspecified atom stereocenters. The molecule has 1 aromatic carbocycles. The molecule has 2 rings (SSSR count). The van der Waals surface area contributed by atoms with Gasteiger partial charge in [0, 0.05) is 4.47 Å². The van der Waals surface area contributed by atoms with Crippen molar-refractivity contribution < 1.29 is 4.79 Å². The van der Waals surface area contributed by atoms with Gasteiger partial charge in [0.25, 0.3) is 0 Å². The molecular formula is C12H11BrCl3NO. The van der Waals surface area contributed by atoms with Gasteiger partial charge in [0.05, 0.1) is 16.1 Å². The van der Waals surface area contributed by atoms with Gasteiger partial charge in [-0.1, -0.05) is 27.5 Å². The molecule has 98 valence electrons. The summed E-state index contributed by atoms with van der Waals surface area (Å²) in [5.41, 5.74) is 0.725.